The Labute approximate surface area is 219 Å². The van der Waals surface area contributed by atoms with Gasteiger partial charge in [-0.2, -0.15) is 0 Å². The summed E-state index contributed by atoms with van der Waals surface area (Å²) in [5, 5.41) is 10.1. The van der Waals surface area contributed by atoms with E-state index in [9.17, 15) is 27.1 Å². The molecule has 2 atom stereocenters. The Kier molecular flexibility index (Phi) is 7.07. The molecule has 0 aliphatic carbocycles. The molecule has 9 nitrogen and oxygen atoms in total. The van der Waals surface area contributed by atoms with Gasteiger partial charge in [0.25, 0.3) is 12.9 Å². The van der Waals surface area contributed by atoms with Gasteiger partial charge >= 0.3 is 0 Å². The minimum absolute atomic E-state index is 0.0428. The summed E-state index contributed by atoms with van der Waals surface area (Å²) >= 11 is 0. The standard InChI is InChI=1S/C25H25F5N8O/c26-14-2-3-15(16(7-14)21(27)28)17-6-13(9-38-12-36-19-23(31)34-11-35-24(19)38)18(8-33-17)37-5-1-4-25(32,10-37)20(39)22(29)30/h2-3,6-8,11-12,20-22,39H,1,4-5,9-10,32H2,(H2,31,34,35)/t20?,25-/m1/s1. The first-order valence-corrected chi connectivity index (χ1v) is 12.1. The first-order chi connectivity index (χ1) is 18.6. The molecule has 1 saturated heterocycles. The molecule has 1 aromatic carbocycles. The summed E-state index contributed by atoms with van der Waals surface area (Å²) in [6, 6.07) is 4.63. The Bertz CT molecular complexity index is 1500. The Morgan fingerprint density at radius 2 is 1.87 bits per heavy atom. The van der Waals surface area contributed by atoms with Gasteiger partial charge in [-0.25, -0.2) is 36.9 Å². The molecule has 1 aliphatic heterocycles. The van der Waals surface area contributed by atoms with Crippen molar-refractivity contribution < 1.29 is 27.1 Å². The molecule has 39 heavy (non-hydrogen) atoms. The Morgan fingerprint density at radius 1 is 1.08 bits per heavy atom. The third-order valence-electron chi connectivity index (χ3n) is 6.98. The van der Waals surface area contributed by atoms with E-state index < -0.39 is 35.9 Å². The van der Waals surface area contributed by atoms with Crippen LogP contribution in [0.25, 0.3) is 22.4 Å². The molecule has 4 heterocycles. The molecule has 0 spiro atoms. The second-order valence-corrected chi connectivity index (χ2v) is 9.57. The molecule has 14 heteroatoms. The lowest BCUT2D eigenvalue weighted by Gasteiger charge is -2.44. The number of benzene rings is 1. The quantitative estimate of drug-likeness (QED) is 0.299. The maximum absolute atomic E-state index is 13.8. The van der Waals surface area contributed by atoms with Crippen molar-refractivity contribution in [2.75, 3.05) is 23.7 Å². The fourth-order valence-corrected chi connectivity index (χ4v) is 5.00. The molecular weight excluding hydrogens is 523 g/mol. The number of nitrogens with two attached hydrogens (primary N) is 2. The maximum Gasteiger partial charge on any atom is 0.265 e. The summed E-state index contributed by atoms with van der Waals surface area (Å²) in [6.07, 6.45) is -3.20. The third-order valence-corrected chi connectivity index (χ3v) is 6.98. The zero-order valence-electron chi connectivity index (χ0n) is 20.5. The van der Waals surface area contributed by atoms with Crippen LogP contribution in [0.4, 0.5) is 33.5 Å². The lowest BCUT2D eigenvalue weighted by atomic mass is 9.84. The van der Waals surface area contributed by atoms with Crippen molar-refractivity contribution in [2.45, 2.75) is 43.9 Å². The van der Waals surface area contributed by atoms with Gasteiger partial charge in [0.05, 0.1) is 36.0 Å². The summed E-state index contributed by atoms with van der Waals surface area (Å²) in [5.41, 5.74) is 12.1. The van der Waals surface area contributed by atoms with E-state index in [1.807, 2.05) is 0 Å². The second kappa shape index (κ2) is 10.3. The highest BCUT2D eigenvalue weighted by atomic mass is 19.3. The topological polar surface area (TPSA) is 132 Å². The second-order valence-electron chi connectivity index (χ2n) is 9.57. The predicted octanol–water partition coefficient (Wildman–Crippen LogP) is 3.52. The van der Waals surface area contributed by atoms with Crippen LogP contribution in [0.15, 0.2) is 43.1 Å². The summed E-state index contributed by atoms with van der Waals surface area (Å²) in [6.45, 7) is 0.460. The van der Waals surface area contributed by atoms with Crippen molar-refractivity contribution in [1.29, 1.82) is 0 Å². The summed E-state index contributed by atoms with van der Waals surface area (Å²) < 4.78 is 69.7. The maximum atomic E-state index is 13.8. The number of alkyl halides is 4. The molecule has 206 valence electrons. The number of anilines is 2. The first-order valence-electron chi connectivity index (χ1n) is 12.1. The summed E-state index contributed by atoms with van der Waals surface area (Å²) in [4.78, 5) is 18.5. The Balaban J connectivity index is 1.61. The number of hydrogen-bond donors (Lipinski definition) is 3. The highest BCUT2D eigenvalue weighted by Crippen LogP contribution is 2.36. The number of nitrogens with zero attached hydrogens (tertiary/aromatic N) is 6. The minimum Gasteiger partial charge on any atom is -0.385 e. The van der Waals surface area contributed by atoms with Crippen LogP contribution in [0.1, 0.15) is 30.4 Å². The number of aliphatic hydroxyl groups excluding tert-OH is 1. The van der Waals surface area contributed by atoms with Gasteiger partial charge in [0.15, 0.2) is 11.5 Å². The lowest BCUT2D eigenvalue weighted by Crippen LogP contribution is -2.63. The van der Waals surface area contributed by atoms with E-state index in [0.717, 1.165) is 12.1 Å². The number of aromatic nitrogens is 5. The van der Waals surface area contributed by atoms with Crippen molar-refractivity contribution in [1.82, 2.24) is 24.5 Å². The number of halogens is 5. The fourth-order valence-electron chi connectivity index (χ4n) is 5.00. The number of imidazole rings is 1. The molecule has 0 bridgehead atoms. The van der Waals surface area contributed by atoms with Crippen LogP contribution < -0.4 is 16.4 Å². The Morgan fingerprint density at radius 3 is 2.62 bits per heavy atom. The van der Waals surface area contributed by atoms with Crippen LogP contribution >= 0.6 is 0 Å². The lowest BCUT2D eigenvalue weighted by molar-refractivity contribution is -0.0529. The molecule has 1 fully saturated rings. The van der Waals surface area contributed by atoms with E-state index in [1.165, 1.54) is 24.9 Å². The third kappa shape index (κ3) is 5.08. The van der Waals surface area contributed by atoms with Crippen molar-refractivity contribution in [2.24, 2.45) is 5.73 Å². The van der Waals surface area contributed by atoms with Crippen molar-refractivity contribution in [3.63, 3.8) is 0 Å². The molecule has 1 unspecified atom stereocenters. The molecule has 5 rings (SSSR count). The van der Waals surface area contributed by atoms with Crippen LogP contribution in [-0.2, 0) is 6.54 Å². The number of hydrogen-bond acceptors (Lipinski definition) is 8. The average Bonchev–Trinajstić information content (AvgIpc) is 3.32. The molecule has 0 saturated carbocycles. The van der Waals surface area contributed by atoms with Gasteiger partial charge < -0.3 is 26.0 Å². The van der Waals surface area contributed by atoms with Crippen LogP contribution in [0.2, 0.25) is 0 Å². The zero-order valence-corrected chi connectivity index (χ0v) is 20.5. The van der Waals surface area contributed by atoms with Gasteiger partial charge in [-0.15, -0.1) is 0 Å². The summed E-state index contributed by atoms with van der Waals surface area (Å²) in [5.74, 6) is -0.634. The predicted molar refractivity (Wildman–Crippen MR) is 134 cm³/mol. The molecule has 0 amide bonds. The van der Waals surface area contributed by atoms with Gasteiger partial charge in [-0.05, 0) is 42.7 Å². The molecular formula is C25H25F5N8O. The molecule has 1 aliphatic rings. The number of pyridine rings is 1. The number of nitrogen functional groups attached to an aromatic ring is 1. The highest BCUT2D eigenvalue weighted by molar-refractivity contribution is 5.81. The molecule has 3 aromatic heterocycles. The Hall–Kier alpha value is -3.91. The fraction of sp³-hybridized carbons (Fsp3) is 0.360. The van der Waals surface area contributed by atoms with Crippen LogP contribution in [0.3, 0.4) is 0 Å². The normalized spacial score (nSPS) is 18.8. The van der Waals surface area contributed by atoms with Crippen molar-refractivity contribution in [3.05, 3.63) is 60.1 Å². The van der Waals surface area contributed by atoms with Crippen LogP contribution in [0, 0.1) is 5.82 Å². The minimum atomic E-state index is -3.02. The van der Waals surface area contributed by atoms with Crippen LogP contribution in [-0.4, -0.2) is 60.8 Å². The monoisotopic (exact) mass is 548 g/mol. The van der Waals surface area contributed by atoms with E-state index in [0.29, 0.717) is 35.4 Å². The van der Waals surface area contributed by atoms with E-state index in [4.69, 9.17) is 11.5 Å². The van der Waals surface area contributed by atoms with Gasteiger partial charge in [0, 0.05) is 24.2 Å². The number of aliphatic hydroxyl groups is 1. The van der Waals surface area contributed by atoms with E-state index in [2.05, 4.69) is 19.9 Å². The van der Waals surface area contributed by atoms with Crippen molar-refractivity contribution >= 4 is 22.7 Å². The van der Waals surface area contributed by atoms with Gasteiger partial charge in [0.1, 0.15) is 23.8 Å². The molecule has 5 N–H and O–H groups in total. The SMILES string of the molecule is Nc1ncnc2c1ncn2Cc1cc(-c2ccc(F)cc2C(F)F)ncc1N1CCC[C@](N)(C(O)C(F)F)C1. The van der Waals surface area contributed by atoms with Crippen molar-refractivity contribution in [3.8, 4) is 11.3 Å². The van der Waals surface area contributed by atoms with E-state index >= 15 is 0 Å². The molecule has 4 aromatic rings. The summed E-state index contributed by atoms with van der Waals surface area (Å²) in [7, 11) is 0. The van der Waals surface area contributed by atoms with Gasteiger partial charge in [0.2, 0.25) is 0 Å². The number of rotatable bonds is 7. The highest BCUT2D eigenvalue weighted by Gasteiger charge is 2.43. The largest absolute Gasteiger partial charge is 0.385 e. The average molecular weight is 549 g/mol. The van der Waals surface area contributed by atoms with E-state index in [1.54, 1.807) is 15.5 Å². The number of piperidine rings is 1. The first kappa shape index (κ1) is 26.7. The zero-order chi connectivity index (χ0) is 27.9. The van der Waals surface area contributed by atoms with E-state index in [-0.39, 0.29) is 36.6 Å². The van der Waals surface area contributed by atoms with Gasteiger partial charge in [-0.1, -0.05) is 0 Å². The van der Waals surface area contributed by atoms with Gasteiger partial charge in [-0.3, -0.25) is 4.98 Å². The molecule has 0 radical (unpaired) electrons. The van der Waals surface area contributed by atoms with Crippen LogP contribution in [0.5, 0.6) is 0 Å². The smallest absolute Gasteiger partial charge is 0.265 e. The number of fused-ring (bicyclic) bond motifs is 1.